The van der Waals surface area contributed by atoms with Crippen molar-refractivity contribution in [2.75, 3.05) is 13.2 Å². The summed E-state index contributed by atoms with van der Waals surface area (Å²) in [5.74, 6) is 0.818. The lowest BCUT2D eigenvalue weighted by Gasteiger charge is -2.44. The van der Waals surface area contributed by atoms with Gasteiger partial charge in [-0.3, -0.25) is 0 Å². The fraction of sp³-hybridized carbons (Fsp3) is 0.600. The van der Waals surface area contributed by atoms with Gasteiger partial charge in [-0.15, -0.1) is 0 Å². The predicted molar refractivity (Wildman–Crippen MR) is 85.7 cm³/mol. The number of nitrogens with one attached hydrogen (secondary N) is 1. The van der Waals surface area contributed by atoms with Crippen molar-refractivity contribution in [3.8, 4) is 5.75 Å². The van der Waals surface area contributed by atoms with E-state index in [2.05, 4.69) is 28.2 Å². The summed E-state index contributed by atoms with van der Waals surface area (Å²) < 4.78 is 12.7. The van der Waals surface area contributed by atoms with Crippen molar-refractivity contribution in [3.63, 3.8) is 0 Å². The van der Waals surface area contributed by atoms with Crippen LogP contribution >= 0.6 is 27.5 Å². The molecule has 1 aromatic carbocycles. The lowest BCUT2D eigenvalue weighted by molar-refractivity contribution is -0.104. The normalized spacial score (nSPS) is 25.3. The summed E-state index contributed by atoms with van der Waals surface area (Å²) in [5.41, 5.74) is 0. The average Bonchev–Trinajstić information content (AvgIpc) is 2.41. The second-order valence-electron chi connectivity index (χ2n) is 4.95. The van der Waals surface area contributed by atoms with Gasteiger partial charge >= 0.3 is 0 Å². The van der Waals surface area contributed by atoms with Crippen LogP contribution in [0.2, 0.25) is 5.02 Å². The Labute approximate surface area is 134 Å². The SMILES string of the molecule is CCCNC1CC(Oc2ccc(Cl)cc2Br)C1OCC. The first-order valence-electron chi connectivity index (χ1n) is 7.12. The Morgan fingerprint density at radius 2 is 2.20 bits per heavy atom. The zero-order valence-corrected chi connectivity index (χ0v) is 14.2. The number of ether oxygens (including phenoxy) is 2. The van der Waals surface area contributed by atoms with Gasteiger partial charge in [-0.25, -0.2) is 0 Å². The standard InChI is InChI=1S/C15H21BrClNO2/c1-3-7-18-12-9-14(15(12)19-4-2)20-13-6-5-10(17)8-11(13)16/h5-6,8,12,14-15,18H,3-4,7,9H2,1-2H3. The molecule has 0 aromatic heterocycles. The predicted octanol–water partition coefficient (Wildman–Crippen LogP) is 4.03. The van der Waals surface area contributed by atoms with Gasteiger partial charge < -0.3 is 14.8 Å². The zero-order chi connectivity index (χ0) is 14.5. The van der Waals surface area contributed by atoms with Crippen LogP contribution < -0.4 is 10.1 Å². The van der Waals surface area contributed by atoms with Crippen molar-refractivity contribution < 1.29 is 9.47 Å². The van der Waals surface area contributed by atoms with Gasteiger partial charge in [-0.05, 0) is 54.0 Å². The van der Waals surface area contributed by atoms with Crippen LogP contribution in [0.1, 0.15) is 26.7 Å². The number of rotatable bonds is 7. The van der Waals surface area contributed by atoms with E-state index in [1.54, 1.807) is 0 Å². The Morgan fingerprint density at radius 1 is 1.40 bits per heavy atom. The lowest BCUT2D eigenvalue weighted by atomic mass is 9.85. The van der Waals surface area contributed by atoms with Crippen LogP contribution in [0.15, 0.2) is 22.7 Å². The van der Waals surface area contributed by atoms with Crippen molar-refractivity contribution in [3.05, 3.63) is 27.7 Å². The van der Waals surface area contributed by atoms with E-state index in [0.717, 1.165) is 29.6 Å². The molecule has 2 rings (SSSR count). The van der Waals surface area contributed by atoms with Crippen molar-refractivity contribution in [2.24, 2.45) is 0 Å². The maximum Gasteiger partial charge on any atom is 0.134 e. The fourth-order valence-electron chi connectivity index (χ4n) is 2.38. The fourth-order valence-corrected chi connectivity index (χ4v) is 3.15. The zero-order valence-electron chi connectivity index (χ0n) is 11.9. The molecule has 0 saturated heterocycles. The maximum absolute atomic E-state index is 6.04. The van der Waals surface area contributed by atoms with Crippen molar-refractivity contribution >= 4 is 27.5 Å². The number of hydrogen-bond acceptors (Lipinski definition) is 3. The number of halogens is 2. The average molecular weight is 363 g/mol. The smallest absolute Gasteiger partial charge is 0.134 e. The van der Waals surface area contributed by atoms with Gasteiger partial charge in [0.2, 0.25) is 0 Å². The molecule has 1 fully saturated rings. The van der Waals surface area contributed by atoms with Gasteiger partial charge in [-0.1, -0.05) is 18.5 Å². The monoisotopic (exact) mass is 361 g/mol. The van der Waals surface area contributed by atoms with Crippen molar-refractivity contribution in [1.29, 1.82) is 0 Å². The minimum atomic E-state index is 0.0989. The summed E-state index contributed by atoms with van der Waals surface area (Å²) >= 11 is 9.42. The molecule has 112 valence electrons. The van der Waals surface area contributed by atoms with Crippen LogP contribution in [0, 0.1) is 0 Å². The Kier molecular flexibility index (Phi) is 6.15. The quantitative estimate of drug-likeness (QED) is 0.794. The third-order valence-electron chi connectivity index (χ3n) is 3.44. The molecule has 1 aliphatic carbocycles. The first-order valence-corrected chi connectivity index (χ1v) is 8.29. The van der Waals surface area contributed by atoms with Crippen molar-refractivity contribution in [1.82, 2.24) is 5.32 Å². The molecule has 20 heavy (non-hydrogen) atoms. The van der Waals surface area contributed by atoms with Crippen LogP contribution in [0.4, 0.5) is 0 Å². The van der Waals surface area contributed by atoms with Crippen LogP contribution in [0.3, 0.4) is 0 Å². The summed E-state index contributed by atoms with van der Waals surface area (Å²) in [6, 6.07) is 5.97. The van der Waals surface area contributed by atoms with E-state index in [9.17, 15) is 0 Å². The highest BCUT2D eigenvalue weighted by atomic mass is 79.9. The van der Waals surface area contributed by atoms with Gasteiger partial charge in [0.15, 0.2) is 0 Å². The molecule has 1 N–H and O–H groups in total. The second-order valence-corrected chi connectivity index (χ2v) is 6.24. The number of benzene rings is 1. The highest BCUT2D eigenvalue weighted by molar-refractivity contribution is 9.10. The van der Waals surface area contributed by atoms with Gasteiger partial charge in [0.05, 0.1) is 4.47 Å². The van der Waals surface area contributed by atoms with Crippen LogP contribution in [-0.4, -0.2) is 31.4 Å². The summed E-state index contributed by atoms with van der Waals surface area (Å²) in [6.07, 6.45) is 2.32. The minimum absolute atomic E-state index is 0.0989. The van der Waals surface area contributed by atoms with Crippen LogP contribution in [-0.2, 0) is 4.74 Å². The maximum atomic E-state index is 6.04. The molecule has 3 nitrogen and oxygen atoms in total. The van der Waals surface area contributed by atoms with E-state index < -0.39 is 0 Å². The van der Waals surface area contributed by atoms with E-state index in [1.165, 1.54) is 0 Å². The minimum Gasteiger partial charge on any atom is -0.486 e. The largest absolute Gasteiger partial charge is 0.486 e. The van der Waals surface area contributed by atoms with E-state index >= 15 is 0 Å². The molecule has 0 radical (unpaired) electrons. The van der Waals surface area contributed by atoms with E-state index in [4.69, 9.17) is 21.1 Å². The molecule has 0 spiro atoms. The molecule has 0 heterocycles. The summed E-state index contributed by atoms with van der Waals surface area (Å²) in [4.78, 5) is 0. The lowest BCUT2D eigenvalue weighted by Crippen LogP contribution is -2.61. The third-order valence-corrected chi connectivity index (χ3v) is 4.29. The molecule has 5 heteroatoms. The Morgan fingerprint density at radius 3 is 2.85 bits per heavy atom. The Bertz CT molecular complexity index is 444. The molecule has 0 amide bonds. The van der Waals surface area contributed by atoms with Gasteiger partial charge in [0.25, 0.3) is 0 Å². The van der Waals surface area contributed by atoms with Gasteiger partial charge in [-0.2, -0.15) is 0 Å². The highest BCUT2D eigenvalue weighted by Crippen LogP contribution is 2.34. The molecular formula is C15H21BrClNO2. The summed E-state index contributed by atoms with van der Waals surface area (Å²) in [5, 5.41) is 4.20. The summed E-state index contributed by atoms with van der Waals surface area (Å²) in [7, 11) is 0. The molecule has 1 saturated carbocycles. The molecule has 0 aliphatic heterocycles. The summed E-state index contributed by atoms with van der Waals surface area (Å²) in [6.45, 7) is 5.91. The van der Waals surface area contributed by atoms with Gasteiger partial charge in [0.1, 0.15) is 18.0 Å². The van der Waals surface area contributed by atoms with Crippen LogP contribution in [0.25, 0.3) is 0 Å². The van der Waals surface area contributed by atoms with Crippen molar-refractivity contribution in [2.45, 2.75) is 44.9 Å². The third kappa shape index (κ3) is 3.88. The molecule has 0 bridgehead atoms. The number of hydrogen-bond donors (Lipinski definition) is 1. The van der Waals surface area contributed by atoms with E-state index in [-0.39, 0.29) is 12.2 Å². The topological polar surface area (TPSA) is 30.5 Å². The van der Waals surface area contributed by atoms with Gasteiger partial charge in [0, 0.05) is 24.1 Å². The molecule has 1 aliphatic rings. The molecular weight excluding hydrogens is 342 g/mol. The van der Waals surface area contributed by atoms with E-state index in [1.807, 2.05) is 25.1 Å². The van der Waals surface area contributed by atoms with E-state index in [0.29, 0.717) is 17.7 Å². The molecule has 3 atom stereocenters. The molecule has 3 unspecified atom stereocenters. The van der Waals surface area contributed by atoms with Crippen LogP contribution in [0.5, 0.6) is 5.75 Å². The highest BCUT2D eigenvalue weighted by Gasteiger charge is 2.43. The first kappa shape index (κ1) is 16.1. The Hall–Kier alpha value is -0.290. The Balaban J connectivity index is 1.95. The second kappa shape index (κ2) is 7.64. The first-order chi connectivity index (χ1) is 9.65. The molecule has 1 aromatic rings.